The molecular formula is C19H22N6O3S. The van der Waals surface area contributed by atoms with Crippen LogP contribution >= 0.6 is 0 Å². The number of aromatic nitrogens is 3. The maximum atomic E-state index is 12.9. The van der Waals surface area contributed by atoms with Gasteiger partial charge in [0, 0.05) is 32.2 Å². The minimum absolute atomic E-state index is 0.0483. The fourth-order valence-corrected chi connectivity index (χ4v) is 4.07. The van der Waals surface area contributed by atoms with E-state index in [-0.39, 0.29) is 27.9 Å². The highest BCUT2D eigenvalue weighted by molar-refractivity contribution is 7.92. The van der Waals surface area contributed by atoms with Crippen molar-refractivity contribution in [2.24, 2.45) is 7.05 Å². The van der Waals surface area contributed by atoms with Crippen molar-refractivity contribution in [2.45, 2.75) is 18.7 Å². The standard InChI is InChI=1S/C19H22N6O3S/c1-12-7-5-6-8-15(12)22-18-16(9-14(10-21-18)19(26)20-3)24-29(27,28)17-11-25(4)23-13(17)2/h5-11,24H,1-4H3,(H,20,26)(H,21,22). The summed E-state index contributed by atoms with van der Waals surface area (Å²) in [5.41, 5.74) is 2.47. The third-order valence-corrected chi connectivity index (χ3v) is 5.75. The minimum atomic E-state index is -3.94. The zero-order valence-electron chi connectivity index (χ0n) is 16.5. The molecule has 0 fully saturated rings. The number of hydrogen-bond acceptors (Lipinski definition) is 6. The van der Waals surface area contributed by atoms with Crippen molar-refractivity contribution in [1.82, 2.24) is 20.1 Å². The van der Waals surface area contributed by atoms with Crippen LogP contribution in [0.3, 0.4) is 0 Å². The highest BCUT2D eigenvalue weighted by Gasteiger charge is 2.22. The van der Waals surface area contributed by atoms with Crippen LogP contribution in [0.2, 0.25) is 0 Å². The number of rotatable bonds is 6. The Hall–Kier alpha value is -3.40. The van der Waals surface area contributed by atoms with Gasteiger partial charge in [-0.2, -0.15) is 5.10 Å². The smallest absolute Gasteiger partial charge is 0.265 e. The number of anilines is 3. The number of carbonyl (C=O) groups excluding carboxylic acids is 1. The molecule has 0 radical (unpaired) electrons. The third kappa shape index (κ3) is 4.37. The summed E-state index contributed by atoms with van der Waals surface area (Å²) in [4.78, 5) is 16.3. The molecule has 0 aliphatic rings. The van der Waals surface area contributed by atoms with Gasteiger partial charge in [-0.25, -0.2) is 13.4 Å². The van der Waals surface area contributed by atoms with Crippen LogP contribution in [0.25, 0.3) is 0 Å². The molecule has 3 aromatic rings. The Kier molecular flexibility index (Phi) is 5.55. The summed E-state index contributed by atoms with van der Waals surface area (Å²) in [5, 5.41) is 9.71. The predicted molar refractivity (Wildman–Crippen MR) is 111 cm³/mol. The average molecular weight is 414 g/mol. The fourth-order valence-electron chi connectivity index (χ4n) is 2.79. The SMILES string of the molecule is CNC(=O)c1cnc(Nc2ccccc2C)c(NS(=O)(=O)c2cn(C)nc2C)c1. The van der Waals surface area contributed by atoms with Crippen LogP contribution in [-0.4, -0.2) is 36.1 Å². The molecule has 0 saturated heterocycles. The third-order valence-electron chi connectivity index (χ3n) is 4.28. The number of nitrogens with zero attached hydrogens (tertiary/aromatic N) is 3. The number of amides is 1. The second kappa shape index (κ2) is 7.92. The summed E-state index contributed by atoms with van der Waals surface area (Å²) >= 11 is 0. The molecule has 0 bridgehead atoms. The Bertz CT molecular complexity index is 1170. The van der Waals surface area contributed by atoms with Gasteiger partial charge in [0.25, 0.3) is 15.9 Å². The van der Waals surface area contributed by atoms with Crippen LogP contribution in [0.5, 0.6) is 0 Å². The van der Waals surface area contributed by atoms with Gasteiger partial charge in [0.2, 0.25) is 0 Å². The first-order valence-corrected chi connectivity index (χ1v) is 10.3. The molecular weight excluding hydrogens is 392 g/mol. The molecule has 9 nitrogen and oxygen atoms in total. The quantitative estimate of drug-likeness (QED) is 0.570. The number of aryl methyl sites for hydroxylation is 3. The Morgan fingerprint density at radius 3 is 2.48 bits per heavy atom. The van der Waals surface area contributed by atoms with Gasteiger partial charge in [-0.1, -0.05) is 18.2 Å². The van der Waals surface area contributed by atoms with E-state index in [9.17, 15) is 13.2 Å². The molecule has 0 saturated carbocycles. The van der Waals surface area contributed by atoms with Gasteiger partial charge in [0.05, 0.1) is 16.9 Å². The lowest BCUT2D eigenvalue weighted by Crippen LogP contribution is -2.20. The number of para-hydroxylation sites is 1. The fraction of sp³-hybridized carbons (Fsp3) is 0.211. The first kappa shape index (κ1) is 20.3. The van der Waals surface area contributed by atoms with Crippen molar-refractivity contribution in [3.8, 4) is 0 Å². The van der Waals surface area contributed by atoms with Crippen LogP contribution < -0.4 is 15.4 Å². The van der Waals surface area contributed by atoms with Crippen molar-refractivity contribution >= 4 is 33.1 Å². The summed E-state index contributed by atoms with van der Waals surface area (Å²) in [7, 11) is -0.808. The molecule has 152 valence electrons. The van der Waals surface area contributed by atoms with E-state index < -0.39 is 10.0 Å². The van der Waals surface area contributed by atoms with Crippen LogP contribution in [0, 0.1) is 13.8 Å². The van der Waals surface area contributed by atoms with Crippen molar-refractivity contribution in [3.63, 3.8) is 0 Å². The van der Waals surface area contributed by atoms with E-state index >= 15 is 0 Å². The second-order valence-electron chi connectivity index (χ2n) is 6.50. The molecule has 3 N–H and O–H groups in total. The molecule has 2 aromatic heterocycles. The van der Waals surface area contributed by atoms with Gasteiger partial charge in [0.15, 0.2) is 5.82 Å². The first-order chi connectivity index (χ1) is 13.7. The zero-order chi connectivity index (χ0) is 21.2. The van der Waals surface area contributed by atoms with E-state index in [2.05, 4.69) is 25.4 Å². The summed E-state index contributed by atoms with van der Waals surface area (Å²) in [5.74, 6) is -0.102. The van der Waals surface area contributed by atoms with Gasteiger partial charge < -0.3 is 10.6 Å². The summed E-state index contributed by atoms with van der Waals surface area (Å²) in [6.45, 7) is 3.53. The average Bonchev–Trinajstić information content (AvgIpc) is 3.03. The van der Waals surface area contributed by atoms with E-state index in [4.69, 9.17) is 0 Å². The predicted octanol–water partition coefficient (Wildman–Crippen LogP) is 2.34. The molecule has 10 heteroatoms. The van der Waals surface area contributed by atoms with Crippen LogP contribution in [0.15, 0.2) is 47.6 Å². The van der Waals surface area contributed by atoms with Gasteiger partial charge in [-0.15, -0.1) is 0 Å². The van der Waals surface area contributed by atoms with Gasteiger partial charge in [0.1, 0.15) is 4.90 Å². The summed E-state index contributed by atoms with van der Waals surface area (Å²) in [6.07, 6.45) is 2.80. The van der Waals surface area contributed by atoms with Crippen LogP contribution in [0.4, 0.5) is 17.2 Å². The van der Waals surface area contributed by atoms with Gasteiger partial charge >= 0.3 is 0 Å². The van der Waals surface area contributed by atoms with Crippen molar-refractivity contribution < 1.29 is 13.2 Å². The largest absolute Gasteiger partial charge is 0.355 e. The Morgan fingerprint density at radius 2 is 1.86 bits per heavy atom. The van der Waals surface area contributed by atoms with Crippen LogP contribution in [0.1, 0.15) is 21.6 Å². The molecule has 0 atom stereocenters. The lowest BCUT2D eigenvalue weighted by molar-refractivity contribution is 0.0963. The van der Waals surface area contributed by atoms with Crippen molar-refractivity contribution in [1.29, 1.82) is 0 Å². The summed E-state index contributed by atoms with van der Waals surface area (Å²) < 4.78 is 29.8. The lowest BCUT2D eigenvalue weighted by atomic mass is 10.2. The molecule has 1 aromatic carbocycles. The normalized spacial score (nSPS) is 11.2. The number of sulfonamides is 1. The van der Waals surface area contributed by atoms with E-state index in [1.807, 2.05) is 31.2 Å². The Labute approximate surface area is 169 Å². The van der Waals surface area contributed by atoms with Crippen molar-refractivity contribution in [3.05, 3.63) is 59.5 Å². The number of carbonyl (C=O) groups is 1. The number of nitrogens with one attached hydrogen (secondary N) is 3. The van der Waals surface area contributed by atoms with Gasteiger partial charge in [-0.3, -0.25) is 14.2 Å². The zero-order valence-corrected chi connectivity index (χ0v) is 17.3. The van der Waals surface area contributed by atoms with E-state index in [1.165, 1.54) is 30.2 Å². The molecule has 1 amide bonds. The Morgan fingerprint density at radius 1 is 1.14 bits per heavy atom. The number of benzene rings is 1. The molecule has 2 heterocycles. The molecule has 0 aliphatic heterocycles. The number of pyridine rings is 1. The molecule has 0 aliphatic carbocycles. The van der Waals surface area contributed by atoms with Gasteiger partial charge in [-0.05, 0) is 31.5 Å². The van der Waals surface area contributed by atoms with E-state index in [0.29, 0.717) is 5.69 Å². The monoisotopic (exact) mass is 414 g/mol. The maximum Gasteiger partial charge on any atom is 0.265 e. The van der Waals surface area contributed by atoms with E-state index in [1.54, 1.807) is 14.0 Å². The first-order valence-electron chi connectivity index (χ1n) is 8.79. The molecule has 29 heavy (non-hydrogen) atoms. The molecule has 0 unspecified atom stereocenters. The highest BCUT2D eigenvalue weighted by atomic mass is 32.2. The van der Waals surface area contributed by atoms with Crippen LogP contribution in [-0.2, 0) is 17.1 Å². The molecule has 3 rings (SSSR count). The van der Waals surface area contributed by atoms with Crippen molar-refractivity contribution in [2.75, 3.05) is 17.1 Å². The summed E-state index contributed by atoms with van der Waals surface area (Å²) in [6, 6.07) is 8.97. The second-order valence-corrected chi connectivity index (χ2v) is 8.15. The lowest BCUT2D eigenvalue weighted by Gasteiger charge is -2.15. The minimum Gasteiger partial charge on any atom is -0.355 e. The number of hydrogen-bond donors (Lipinski definition) is 3. The van der Waals surface area contributed by atoms with E-state index in [0.717, 1.165) is 11.3 Å². The Balaban J connectivity index is 2.05. The highest BCUT2D eigenvalue weighted by Crippen LogP contribution is 2.28. The maximum absolute atomic E-state index is 12.9. The topological polar surface area (TPSA) is 118 Å². The molecule has 0 spiro atoms.